The Morgan fingerprint density at radius 2 is 1.82 bits per heavy atom. The summed E-state index contributed by atoms with van der Waals surface area (Å²) in [6.07, 6.45) is 1.37. The van der Waals surface area contributed by atoms with Crippen molar-refractivity contribution in [1.82, 2.24) is 10.2 Å². The van der Waals surface area contributed by atoms with E-state index in [0.29, 0.717) is 26.2 Å². The predicted octanol–water partition coefficient (Wildman–Crippen LogP) is 3.90. The fraction of sp³-hybridized carbons (Fsp3) is 0.435. The van der Waals surface area contributed by atoms with Crippen LogP contribution in [0.4, 0.5) is 4.39 Å². The highest BCUT2D eigenvalue weighted by atomic mass is 19.1. The number of carbonyl (C=O) groups is 1. The topological polar surface area (TPSA) is 41.6 Å². The first-order chi connectivity index (χ1) is 13.7. The fourth-order valence-corrected chi connectivity index (χ4v) is 3.79. The van der Waals surface area contributed by atoms with Crippen LogP contribution in [0, 0.1) is 5.82 Å². The van der Waals surface area contributed by atoms with E-state index in [9.17, 15) is 9.18 Å². The molecule has 150 valence electrons. The standard InChI is InChI=1S/C23H29FN2O2/c1-2-18(19-7-4-3-5-8-19)16-23(27)25-17-22(26-11-13-28-14-12-26)20-9-6-10-21(24)15-20/h3-10,15,18,22H,2,11-14,16-17H2,1H3,(H,25,27). The summed E-state index contributed by atoms with van der Waals surface area (Å²) in [7, 11) is 0. The molecule has 5 heteroatoms. The van der Waals surface area contributed by atoms with E-state index >= 15 is 0 Å². The SMILES string of the molecule is CCC(CC(=O)NCC(c1cccc(F)c1)N1CCOCC1)c1ccccc1. The third-order valence-electron chi connectivity index (χ3n) is 5.41. The van der Waals surface area contributed by atoms with Crippen molar-refractivity contribution in [1.29, 1.82) is 0 Å². The number of carbonyl (C=O) groups excluding carboxylic acids is 1. The molecule has 1 aliphatic heterocycles. The molecule has 0 aromatic heterocycles. The number of hydrogen-bond donors (Lipinski definition) is 1. The number of morpholine rings is 1. The van der Waals surface area contributed by atoms with Gasteiger partial charge in [0.1, 0.15) is 5.82 Å². The number of rotatable bonds is 8. The summed E-state index contributed by atoms with van der Waals surface area (Å²) >= 11 is 0. The molecule has 2 atom stereocenters. The Labute approximate surface area is 166 Å². The van der Waals surface area contributed by atoms with Gasteiger partial charge in [0.2, 0.25) is 5.91 Å². The van der Waals surface area contributed by atoms with Crippen molar-refractivity contribution in [2.75, 3.05) is 32.8 Å². The van der Waals surface area contributed by atoms with Crippen molar-refractivity contribution in [2.24, 2.45) is 0 Å². The number of amides is 1. The first kappa shape index (κ1) is 20.5. The summed E-state index contributed by atoms with van der Waals surface area (Å²) in [5.74, 6) is -0.0141. The smallest absolute Gasteiger partial charge is 0.220 e. The average Bonchev–Trinajstić information content (AvgIpc) is 2.73. The first-order valence-corrected chi connectivity index (χ1v) is 10.1. The van der Waals surface area contributed by atoms with Crippen LogP contribution in [0.2, 0.25) is 0 Å². The van der Waals surface area contributed by atoms with Crippen LogP contribution in [0.15, 0.2) is 54.6 Å². The van der Waals surface area contributed by atoms with Crippen molar-refractivity contribution in [3.63, 3.8) is 0 Å². The molecule has 2 unspecified atom stereocenters. The molecule has 1 aliphatic rings. The Hall–Kier alpha value is -2.24. The Morgan fingerprint density at radius 1 is 1.11 bits per heavy atom. The highest BCUT2D eigenvalue weighted by Crippen LogP contribution is 2.24. The minimum atomic E-state index is -0.253. The van der Waals surface area contributed by atoms with Gasteiger partial charge in [-0.2, -0.15) is 0 Å². The van der Waals surface area contributed by atoms with Crippen LogP contribution in [0.25, 0.3) is 0 Å². The lowest BCUT2D eigenvalue weighted by atomic mass is 9.93. The minimum absolute atomic E-state index is 0.0327. The molecule has 0 aliphatic carbocycles. The van der Waals surface area contributed by atoms with E-state index < -0.39 is 0 Å². The van der Waals surface area contributed by atoms with Gasteiger partial charge in [-0.25, -0.2) is 4.39 Å². The molecule has 0 spiro atoms. The molecule has 1 N–H and O–H groups in total. The molecule has 0 bridgehead atoms. The zero-order valence-electron chi connectivity index (χ0n) is 16.4. The molecule has 28 heavy (non-hydrogen) atoms. The zero-order chi connectivity index (χ0) is 19.8. The number of nitrogens with zero attached hydrogens (tertiary/aromatic N) is 1. The lowest BCUT2D eigenvalue weighted by molar-refractivity contribution is -0.121. The lowest BCUT2D eigenvalue weighted by Gasteiger charge is -2.35. The number of hydrogen-bond acceptors (Lipinski definition) is 3. The number of nitrogens with one attached hydrogen (secondary N) is 1. The summed E-state index contributed by atoms with van der Waals surface area (Å²) in [5.41, 5.74) is 2.08. The van der Waals surface area contributed by atoms with E-state index in [1.165, 1.54) is 11.6 Å². The van der Waals surface area contributed by atoms with Gasteiger partial charge < -0.3 is 10.1 Å². The third kappa shape index (κ3) is 5.63. The van der Waals surface area contributed by atoms with Crippen molar-refractivity contribution in [2.45, 2.75) is 31.7 Å². The predicted molar refractivity (Wildman–Crippen MR) is 109 cm³/mol. The highest BCUT2D eigenvalue weighted by Gasteiger charge is 2.24. The molecule has 3 rings (SSSR count). The van der Waals surface area contributed by atoms with Crippen LogP contribution in [-0.4, -0.2) is 43.7 Å². The summed E-state index contributed by atoms with van der Waals surface area (Å²) < 4.78 is 19.2. The van der Waals surface area contributed by atoms with Crippen LogP contribution >= 0.6 is 0 Å². The summed E-state index contributed by atoms with van der Waals surface area (Å²) in [4.78, 5) is 14.9. The molecule has 1 saturated heterocycles. The Kier molecular flexibility index (Phi) is 7.57. The molecular formula is C23H29FN2O2. The van der Waals surface area contributed by atoms with Gasteiger partial charge in [-0.05, 0) is 35.6 Å². The van der Waals surface area contributed by atoms with Crippen LogP contribution in [-0.2, 0) is 9.53 Å². The second-order valence-electron chi connectivity index (χ2n) is 7.24. The Morgan fingerprint density at radius 3 is 2.50 bits per heavy atom. The maximum absolute atomic E-state index is 13.8. The van der Waals surface area contributed by atoms with Crippen molar-refractivity contribution >= 4 is 5.91 Å². The third-order valence-corrected chi connectivity index (χ3v) is 5.41. The van der Waals surface area contributed by atoms with Crippen molar-refractivity contribution < 1.29 is 13.9 Å². The van der Waals surface area contributed by atoms with Crippen LogP contribution in [0.3, 0.4) is 0 Å². The summed E-state index contributed by atoms with van der Waals surface area (Å²) in [6, 6.07) is 16.8. The fourth-order valence-electron chi connectivity index (χ4n) is 3.79. The first-order valence-electron chi connectivity index (χ1n) is 10.1. The molecular weight excluding hydrogens is 355 g/mol. The summed E-state index contributed by atoms with van der Waals surface area (Å²) in [5, 5.41) is 3.09. The van der Waals surface area contributed by atoms with Gasteiger partial charge in [-0.3, -0.25) is 9.69 Å². The molecule has 0 saturated carbocycles. The zero-order valence-corrected chi connectivity index (χ0v) is 16.4. The maximum atomic E-state index is 13.8. The quantitative estimate of drug-likeness (QED) is 0.751. The Balaban J connectivity index is 1.64. The lowest BCUT2D eigenvalue weighted by Crippen LogP contribution is -2.44. The van der Waals surface area contributed by atoms with E-state index in [0.717, 1.165) is 25.1 Å². The number of halogens is 1. The van der Waals surface area contributed by atoms with Crippen LogP contribution in [0.1, 0.15) is 42.9 Å². The van der Waals surface area contributed by atoms with Crippen LogP contribution in [0.5, 0.6) is 0 Å². The number of benzene rings is 2. The highest BCUT2D eigenvalue weighted by molar-refractivity contribution is 5.77. The molecule has 1 fully saturated rings. The Bertz CT molecular complexity index is 747. The second kappa shape index (κ2) is 10.3. The summed E-state index contributed by atoms with van der Waals surface area (Å²) in [6.45, 7) is 5.44. The molecule has 1 heterocycles. The maximum Gasteiger partial charge on any atom is 0.220 e. The van der Waals surface area contributed by atoms with E-state index in [2.05, 4.69) is 29.3 Å². The average molecular weight is 384 g/mol. The van der Waals surface area contributed by atoms with Gasteiger partial charge in [0.05, 0.1) is 19.3 Å². The molecule has 2 aromatic carbocycles. The van der Waals surface area contributed by atoms with E-state index in [1.54, 1.807) is 12.1 Å². The minimum Gasteiger partial charge on any atom is -0.379 e. The van der Waals surface area contributed by atoms with Gasteiger partial charge in [0, 0.05) is 26.1 Å². The molecule has 2 aromatic rings. The van der Waals surface area contributed by atoms with Gasteiger partial charge in [0.25, 0.3) is 0 Å². The van der Waals surface area contributed by atoms with Gasteiger partial charge >= 0.3 is 0 Å². The molecule has 1 amide bonds. The van der Waals surface area contributed by atoms with Gasteiger partial charge in [-0.1, -0.05) is 49.4 Å². The van der Waals surface area contributed by atoms with Gasteiger partial charge in [0.15, 0.2) is 0 Å². The van der Waals surface area contributed by atoms with E-state index in [4.69, 9.17) is 4.74 Å². The molecule has 0 radical (unpaired) electrons. The van der Waals surface area contributed by atoms with E-state index in [1.807, 2.05) is 24.3 Å². The van der Waals surface area contributed by atoms with Gasteiger partial charge in [-0.15, -0.1) is 0 Å². The normalized spacial score (nSPS) is 17.1. The monoisotopic (exact) mass is 384 g/mol. The van der Waals surface area contributed by atoms with Crippen molar-refractivity contribution in [3.8, 4) is 0 Å². The van der Waals surface area contributed by atoms with Crippen LogP contribution < -0.4 is 5.32 Å². The number of ether oxygens (including phenoxy) is 1. The largest absolute Gasteiger partial charge is 0.379 e. The van der Waals surface area contributed by atoms with E-state index in [-0.39, 0.29) is 23.7 Å². The van der Waals surface area contributed by atoms with Crippen molar-refractivity contribution in [3.05, 3.63) is 71.5 Å². The molecule has 4 nitrogen and oxygen atoms in total. The second-order valence-corrected chi connectivity index (χ2v) is 7.24.